The van der Waals surface area contributed by atoms with Crippen molar-refractivity contribution in [3.05, 3.63) is 92.4 Å². The molecule has 2 N–H and O–H groups in total. The topological polar surface area (TPSA) is 104 Å². The van der Waals surface area contributed by atoms with Crippen LogP contribution in [-0.4, -0.2) is 35.3 Å². The highest BCUT2D eigenvalue weighted by molar-refractivity contribution is 6.34. The van der Waals surface area contributed by atoms with Crippen molar-refractivity contribution in [1.29, 1.82) is 0 Å². The zero-order valence-electron chi connectivity index (χ0n) is 23.1. The molecular formula is C31H25ClF2N4O5. The molecule has 0 saturated carbocycles. The van der Waals surface area contributed by atoms with Gasteiger partial charge in [-0.25, -0.2) is 13.5 Å². The van der Waals surface area contributed by atoms with Gasteiger partial charge >= 0.3 is 5.56 Å². The summed E-state index contributed by atoms with van der Waals surface area (Å²) in [5.41, 5.74) is -0.739. The molecule has 3 aromatic carbocycles. The minimum atomic E-state index is -1.02. The summed E-state index contributed by atoms with van der Waals surface area (Å²) in [6, 6.07) is 11.9. The summed E-state index contributed by atoms with van der Waals surface area (Å²) in [5, 5.41) is 9.54. The molecule has 0 spiro atoms. The SMILES string of the molecule is CNC(=O)c1cc2c(c(F)c1-c1c(Cl)c(F)cc3c1C[C@](c1ccccc1)([C@@H]1CCCN1)O3)Oc1cnn(C)c(=O)c1O2. The van der Waals surface area contributed by atoms with Crippen LogP contribution in [0.3, 0.4) is 0 Å². The van der Waals surface area contributed by atoms with Crippen molar-refractivity contribution in [3.8, 4) is 39.9 Å². The zero-order valence-corrected chi connectivity index (χ0v) is 23.9. The molecule has 1 saturated heterocycles. The van der Waals surface area contributed by atoms with E-state index in [1.807, 2.05) is 30.3 Å². The number of nitrogens with one attached hydrogen (secondary N) is 2. The highest BCUT2D eigenvalue weighted by Crippen LogP contribution is 2.55. The van der Waals surface area contributed by atoms with Crippen molar-refractivity contribution >= 4 is 17.5 Å². The van der Waals surface area contributed by atoms with Crippen molar-refractivity contribution in [2.75, 3.05) is 13.6 Å². The van der Waals surface area contributed by atoms with Crippen molar-refractivity contribution in [2.24, 2.45) is 7.05 Å². The lowest BCUT2D eigenvalue weighted by Gasteiger charge is -2.35. The van der Waals surface area contributed by atoms with Crippen molar-refractivity contribution < 1.29 is 27.8 Å². The average molecular weight is 607 g/mol. The lowest BCUT2D eigenvalue weighted by atomic mass is 9.80. The first-order chi connectivity index (χ1) is 20.7. The molecule has 12 heteroatoms. The number of amides is 1. The van der Waals surface area contributed by atoms with Crippen molar-refractivity contribution in [1.82, 2.24) is 20.4 Å². The van der Waals surface area contributed by atoms with E-state index in [4.69, 9.17) is 25.8 Å². The van der Waals surface area contributed by atoms with E-state index >= 15 is 8.78 Å². The number of halogens is 3. The number of rotatable bonds is 4. The van der Waals surface area contributed by atoms with Crippen molar-refractivity contribution in [2.45, 2.75) is 30.9 Å². The summed E-state index contributed by atoms with van der Waals surface area (Å²) in [5.74, 6) is -3.27. The van der Waals surface area contributed by atoms with Gasteiger partial charge in [0.25, 0.3) is 5.91 Å². The number of aromatic nitrogens is 2. The molecule has 3 aliphatic rings. The van der Waals surface area contributed by atoms with E-state index in [9.17, 15) is 9.59 Å². The molecule has 4 aromatic rings. The smallest absolute Gasteiger partial charge is 0.313 e. The van der Waals surface area contributed by atoms with Crippen LogP contribution < -0.4 is 30.4 Å². The fourth-order valence-electron chi connectivity index (χ4n) is 6.25. The molecule has 220 valence electrons. The number of ether oxygens (including phenoxy) is 3. The largest absolute Gasteiger partial charge is 0.480 e. The first-order valence-electron chi connectivity index (χ1n) is 13.7. The average Bonchev–Trinajstić information content (AvgIpc) is 3.69. The second-order valence-electron chi connectivity index (χ2n) is 10.7. The first kappa shape index (κ1) is 27.4. The maximum absolute atomic E-state index is 16.7. The van der Waals surface area contributed by atoms with Gasteiger partial charge in [-0.05, 0) is 31.0 Å². The van der Waals surface area contributed by atoms with Gasteiger partial charge in [-0.1, -0.05) is 41.9 Å². The normalized spacial score (nSPS) is 19.9. The monoisotopic (exact) mass is 606 g/mol. The lowest BCUT2D eigenvalue weighted by molar-refractivity contribution is 0.0539. The summed E-state index contributed by atoms with van der Waals surface area (Å²) in [6.45, 7) is 0.790. The number of aryl methyl sites for hydroxylation is 1. The Hall–Kier alpha value is -4.48. The second-order valence-corrected chi connectivity index (χ2v) is 11.1. The van der Waals surface area contributed by atoms with Crippen LogP contribution in [0, 0.1) is 11.6 Å². The molecular weight excluding hydrogens is 582 g/mol. The summed E-state index contributed by atoms with van der Waals surface area (Å²) in [6.07, 6.45) is 3.18. The van der Waals surface area contributed by atoms with Gasteiger partial charge in [0, 0.05) is 43.3 Å². The van der Waals surface area contributed by atoms with Gasteiger partial charge < -0.3 is 24.8 Å². The van der Waals surface area contributed by atoms with Crippen LogP contribution in [0.1, 0.15) is 34.3 Å². The highest BCUT2D eigenvalue weighted by Gasteiger charge is 2.50. The Morgan fingerprint density at radius 1 is 1.12 bits per heavy atom. The summed E-state index contributed by atoms with van der Waals surface area (Å²) >= 11 is 6.63. The Labute approximate surface area is 249 Å². The van der Waals surface area contributed by atoms with Gasteiger partial charge in [-0.2, -0.15) is 5.10 Å². The minimum absolute atomic E-state index is 0.0251. The highest BCUT2D eigenvalue weighted by atomic mass is 35.5. The molecule has 1 aromatic heterocycles. The van der Waals surface area contributed by atoms with E-state index < -0.39 is 34.5 Å². The van der Waals surface area contributed by atoms with Crippen LogP contribution in [0.25, 0.3) is 11.1 Å². The molecule has 7 rings (SSSR count). The Balaban J connectivity index is 1.46. The Kier molecular flexibility index (Phi) is 6.40. The number of carbonyl (C=O) groups excluding carboxylic acids is 1. The van der Waals surface area contributed by atoms with Gasteiger partial charge in [-0.15, -0.1) is 0 Å². The standard InChI is InChI=1S/C31H25ClF2N4O5/c1-35-29(39)16-11-20-27(42-21-14-37-38(2)30(40)28(21)41-20)26(34)24(16)23-17-13-31(22-9-6-10-36-22,15-7-4-3-5-8-15)43-19(17)12-18(33)25(23)32/h3-5,7-8,11-12,14,22,36H,6,9-10,13H2,1-2H3,(H,35,39)/t22-,31-/m0/s1. The molecule has 9 nitrogen and oxygen atoms in total. The van der Waals surface area contributed by atoms with Gasteiger partial charge in [0.05, 0.1) is 22.8 Å². The van der Waals surface area contributed by atoms with E-state index in [1.165, 1.54) is 32.4 Å². The first-order valence-corrected chi connectivity index (χ1v) is 14.1. The molecule has 0 bridgehead atoms. The van der Waals surface area contributed by atoms with Gasteiger partial charge in [-0.3, -0.25) is 9.59 Å². The molecule has 2 atom stereocenters. The number of nitrogens with zero attached hydrogens (tertiary/aromatic N) is 2. The Morgan fingerprint density at radius 2 is 1.88 bits per heavy atom. The predicted molar refractivity (Wildman–Crippen MR) is 153 cm³/mol. The molecule has 0 radical (unpaired) electrons. The lowest BCUT2D eigenvalue weighted by Crippen LogP contribution is -2.48. The van der Waals surface area contributed by atoms with Crippen LogP contribution >= 0.6 is 11.6 Å². The maximum atomic E-state index is 16.7. The van der Waals surface area contributed by atoms with E-state index in [2.05, 4.69) is 15.7 Å². The molecule has 1 amide bonds. The Bertz CT molecular complexity index is 1880. The molecule has 43 heavy (non-hydrogen) atoms. The van der Waals surface area contributed by atoms with Gasteiger partial charge in [0.1, 0.15) is 11.6 Å². The molecule has 0 aliphatic carbocycles. The van der Waals surface area contributed by atoms with Crippen LogP contribution in [0.4, 0.5) is 8.78 Å². The third-order valence-corrected chi connectivity index (χ3v) is 8.67. The molecule has 4 heterocycles. The van der Waals surface area contributed by atoms with Crippen LogP contribution in [-0.2, 0) is 19.1 Å². The minimum Gasteiger partial charge on any atom is -0.480 e. The quantitative estimate of drug-likeness (QED) is 0.289. The number of fused-ring (bicyclic) bond motifs is 3. The van der Waals surface area contributed by atoms with E-state index in [0.717, 1.165) is 29.6 Å². The predicted octanol–water partition coefficient (Wildman–Crippen LogP) is 5.22. The maximum Gasteiger partial charge on any atom is 0.313 e. The zero-order chi connectivity index (χ0) is 30.0. The van der Waals surface area contributed by atoms with Crippen LogP contribution in [0.15, 0.2) is 53.5 Å². The van der Waals surface area contributed by atoms with Crippen LogP contribution in [0.2, 0.25) is 5.02 Å². The van der Waals surface area contributed by atoms with E-state index in [0.29, 0.717) is 5.56 Å². The third-order valence-electron chi connectivity index (χ3n) is 8.30. The number of hydrogen-bond acceptors (Lipinski definition) is 7. The summed E-state index contributed by atoms with van der Waals surface area (Å²) in [4.78, 5) is 25.9. The van der Waals surface area contributed by atoms with Crippen LogP contribution in [0.5, 0.6) is 28.7 Å². The van der Waals surface area contributed by atoms with Gasteiger partial charge in [0.15, 0.2) is 22.9 Å². The second kappa shape index (κ2) is 10.1. The fourth-order valence-corrected chi connectivity index (χ4v) is 6.51. The summed E-state index contributed by atoms with van der Waals surface area (Å²) < 4.78 is 51.5. The molecule has 0 unspecified atom stereocenters. The number of hydrogen-bond donors (Lipinski definition) is 2. The van der Waals surface area contributed by atoms with E-state index in [1.54, 1.807) is 0 Å². The van der Waals surface area contributed by atoms with Gasteiger partial charge in [0.2, 0.25) is 11.5 Å². The van der Waals surface area contributed by atoms with Crippen molar-refractivity contribution in [3.63, 3.8) is 0 Å². The summed E-state index contributed by atoms with van der Waals surface area (Å²) in [7, 11) is 2.80. The molecule has 3 aliphatic heterocycles. The molecule has 1 fully saturated rings. The van der Waals surface area contributed by atoms with E-state index in [-0.39, 0.29) is 57.2 Å². The number of benzene rings is 3. The third kappa shape index (κ3) is 4.09. The fraction of sp³-hybridized carbons (Fsp3) is 0.258. The Morgan fingerprint density at radius 3 is 2.60 bits per heavy atom. The number of carbonyl (C=O) groups is 1.